The molecule has 2 aromatic carbocycles. The van der Waals surface area contributed by atoms with Crippen LogP contribution in [0.5, 0.6) is 0 Å². The second-order valence-corrected chi connectivity index (χ2v) is 10.6. The Bertz CT molecular complexity index is 1410. The second-order valence-electron chi connectivity index (χ2n) is 8.82. The van der Waals surface area contributed by atoms with Crippen molar-refractivity contribution in [1.82, 2.24) is 19.8 Å². The van der Waals surface area contributed by atoms with Crippen LogP contribution in [0.4, 0.5) is 5.82 Å². The van der Waals surface area contributed by atoms with E-state index in [0.717, 1.165) is 29.3 Å². The lowest BCUT2D eigenvalue weighted by atomic mass is 9.95. The molecule has 2 heterocycles. The maximum Gasteiger partial charge on any atom is 0.230 e. The summed E-state index contributed by atoms with van der Waals surface area (Å²) in [5.41, 5.74) is 3.45. The average molecular weight is 450 g/mol. The summed E-state index contributed by atoms with van der Waals surface area (Å²) in [6.07, 6.45) is 5.82. The van der Waals surface area contributed by atoms with Crippen LogP contribution in [0.15, 0.2) is 46.3 Å². The zero-order valence-electron chi connectivity index (χ0n) is 18.6. The van der Waals surface area contributed by atoms with Crippen LogP contribution in [-0.2, 0) is 9.84 Å². The Morgan fingerprint density at radius 1 is 1.00 bits per heavy atom. The maximum atomic E-state index is 13.7. The third-order valence-corrected chi connectivity index (χ3v) is 8.25. The molecule has 2 aromatic heterocycles. The molecule has 1 fully saturated rings. The Morgan fingerprint density at radius 2 is 1.69 bits per heavy atom. The highest BCUT2D eigenvalue weighted by Crippen LogP contribution is 2.32. The van der Waals surface area contributed by atoms with Gasteiger partial charge in [0.25, 0.3) is 0 Å². The van der Waals surface area contributed by atoms with E-state index in [1.165, 1.54) is 23.8 Å². The van der Waals surface area contributed by atoms with E-state index in [1.807, 2.05) is 57.2 Å². The van der Waals surface area contributed by atoms with Crippen molar-refractivity contribution in [3.05, 3.63) is 53.1 Å². The van der Waals surface area contributed by atoms with Crippen LogP contribution in [0, 0.1) is 20.8 Å². The first kappa shape index (κ1) is 20.9. The quantitative estimate of drug-likeness (QED) is 0.482. The lowest BCUT2D eigenvalue weighted by Gasteiger charge is -2.24. The Balaban J connectivity index is 1.72. The van der Waals surface area contributed by atoms with Gasteiger partial charge < -0.3 is 5.32 Å². The van der Waals surface area contributed by atoms with Gasteiger partial charge in [-0.1, -0.05) is 54.3 Å². The smallest absolute Gasteiger partial charge is 0.230 e. The van der Waals surface area contributed by atoms with Gasteiger partial charge in [0.05, 0.1) is 10.4 Å². The van der Waals surface area contributed by atoms with Crippen molar-refractivity contribution in [2.75, 3.05) is 5.32 Å². The fraction of sp³-hybridized carbons (Fsp3) is 0.375. The average Bonchev–Trinajstić information content (AvgIpc) is 3.19. The van der Waals surface area contributed by atoms with Crippen molar-refractivity contribution >= 4 is 32.2 Å². The number of hydrogen-bond donors (Lipinski definition) is 1. The molecule has 0 radical (unpaired) electrons. The van der Waals surface area contributed by atoms with Crippen molar-refractivity contribution < 1.29 is 8.42 Å². The minimum Gasteiger partial charge on any atom is -0.367 e. The van der Waals surface area contributed by atoms with E-state index in [9.17, 15) is 8.42 Å². The van der Waals surface area contributed by atoms with Crippen molar-refractivity contribution in [2.24, 2.45) is 0 Å². The van der Waals surface area contributed by atoms with Crippen molar-refractivity contribution in [3.63, 3.8) is 0 Å². The van der Waals surface area contributed by atoms with Gasteiger partial charge in [-0.2, -0.15) is 4.52 Å². The van der Waals surface area contributed by atoms with Gasteiger partial charge >= 0.3 is 0 Å². The van der Waals surface area contributed by atoms with Gasteiger partial charge in [-0.25, -0.2) is 13.4 Å². The molecule has 0 aliphatic heterocycles. The van der Waals surface area contributed by atoms with Crippen LogP contribution in [-0.4, -0.2) is 34.3 Å². The highest BCUT2D eigenvalue weighted by molar-refractivity contribution is 7.91. The fourth-order valence-electron chi connectivity index (χ4n) is 4.96. The van der Waals surface area contributed by atoms with E-state index in [1.54, 1.807) is 0 Å². The molecule has 0 atom stereocenters. The molecule has 0 amide bonds. The number of nitrogens with zero attached hydrogens (tertiary/aromatic N) is 4. The Labute approximate surface area is 187 Å². The maximum absolute atomic E-state index is 13.7. The molecule has 7 nitrogen and oxygen atoms in total. The van der Waals surface area contributed by atoms with E-state index >= 15 is 0 Å². The summed E-state index contributed by atoms with van der Waals surface area (Å²) in [6, 6.07) is 11.9. The highest BCUT2D eigenvalue weighted by Gasteiger charge is 2.30. The van der Waals surface area contributed by atoms with Gasteiger partial charge in [0, 0.05) is 11.4 Å². The number of fused-ring (bicyclic) bond motifs is 3. The second kappa shape index (κ2) is 7.85. The third kappa shape index (κ3) is 3.43. The summed E-state index contributed by atoms with van der Waals surface area (Å²) in [5.74, 6) is 0.691. The number of aromatic nitrogens is 4. The van der Waals surface area contributed by atoms with E-state index in [-0.39, 0.29) is 15.6 Å². The SMILES string of the molecule is Cc1cc(C)c(S(=O)(=O)c2nnn3c2nc(NC2CCCCC2)c2ccccc23)c(C)c1. The zero-order chi connectivity index (χ0) is 22.5. The molecule has 1 aliphatic carbocycles. The molecule has 4 aromatic rings. The molecule has 1 saturated carbocycles. The summed E-state index contributed by atoms with van der Waals surface area (Å²) < 4.78 is 29.0. The predicted molar refractivity (Wildman–Crippen MR) is 125 cm³/mol. The van der Waals surface area contributed by atoms with Crippen LogP contribution in [0.25, 0.3) is 16.6 Å². The van der Waals surface area contributed by atoms with E-state index < -0.39 is 9.84 Å². The number of nitrogens with one attached hydrogen (secondary N) is 1. The number of para-hydroxylation sites is 1. The van der Waals surface area contributed by atoms with Crippen LogP contribution in [0.1, 0.15) is 48.8 Å². The van der Waals surface area contributed by atoms with Crippen LogP contribution in [0.2, 0.25) is 0 Å². The number of benzene rings is 2. The number of anilines is 1. The first-order valence-corrected chi connectivity index (χ1v) is 12.6. The van der Waals surface area contributed by atoms with Crippen LogP contribution >= 0.6 is 0 Å². The summed E-state index contributed by atoms with van der Waals surface area (Å²) in [6.45, 7) is 5.59. The molecule has 1 N–H and O–H groups in total. The Hall–Kier alpha value is -3.00. The molecule has 0 saturated heterocycles. The minimum absolute atomic E-state index is 0.106. The Kier molecular flexibility index (Phi) is 5.12. The molecule has 32 heavy (non-hydrogen) atoms. The first-order valence-electron chi connectivity index (χ1n) is 11.1. The molecule has 1 aliphatic rings. The van der Waals surface area contributed by atoms with E-state index in [2.05, 4.69) is 15.6 Å². The zero-order valence-corrected chi connectivity index (χ0v) is 19.4. The van der Waals surface area contributed by atoms with Gasteiger partial charge in [-0.05, 0) is 56.9 Å². The first-order chi connectivity index (χ1) is 15.4. The number of sulfone groups is 1. The normalized spacial score (nSPS) is 15.5. The fourth-order valence-corrected chi connectivity index (χ4v) is 6.63. The molecule has 0 unspecified atom stereocenters. The van der Waals surface area contributed by atoms with Gasteiger partial charge in [0.1, 0.15) is 5.82 Å². The number of rotatable bonds is 4. The molecule has 0 spiro atoms. The standard InChI is InChI=1S/C24H27N5O2S/c1-15-13-16(2)21(17(3)14-15)32(30,31)24-23-26-22(25-18-9-5-4-6-10-18)19-11-7-8-12-20(19)29(23)28-27-24/h7-8,11-14,18H,4-6,9-10H2,1-3H3,(H,25,26). The third-order valence-electron chi connectivity index (χ3n) is 6.30. The molecule has 0 bridgehead atoms. The topological polar surface area (TPSA) is 89.2 Å². The summed E-state index contributed by atoms with van der Waals surface area (Å²) in [7, 11) is -3.90. The lowest BCUT2D eigenvalue weighted by Crippen LogP contribution is -2.23. The Morgan fingerprint density at radius 3 is 2.41 bits per heavy atom. The summed E-state index contributed by atoms with van der Waals surface area (Å²) in [5, 5.41) is 12.7. The van der Waals surface area contributed by atoms with Gasteiger partial charge in [0.2, 0.25) is 14.9 Å². The monoisotopic (exact) mass is 449 g/mol. The highest BCUT2D eigenvalue weighted by atomic mass is 32.2. The van der Waals surface area contributed by atoms with Crippen LogP contribution in [0.3, 0.4) is 0 Å². The van der Waals surface area contributed by atoms with Gasteiger partial charge in [-0.15, -0.1) is 5.10 Å². The summed E-state index contributed by atoms with van der Waals surface area (Å²) >= 11 is 0. The van der Waals surface area contributed by atoms with Crippen molar-refractivity contribution in [2.45, 2.75) is 68.8 Å². The van der Waals surface area contributed by atoms with Gasteiger partial charge in [0.15, 0.2) is 5.65 Å². The predicted octanol–water partition coefficient (Wildman–Crippen LogP) is 4.78. The van der Waals surface area contributed by atoms with E-state index in [4.69, 9.17) is 4.98 Å². The molecule has 8 heteroatoms. The molecular formula is C24H27N5O2S. The molecule has 166 valence electrons. The van der Waals surface area contributed by atoms with Crippen LogP contribution < -0.4 is 5.32 Å². The van der Waals surface area contributed by atoms with Crippen molar-refractivity contribution in [1.29, 1.82) is 0 Å². The van der Waals surface area contributed by atoms with E-state index in [0.29, 0.717) is 23.0 Å². The minimum atomic E-state index is -3.90. The molecular weight excluding hydrogens is 422 g/mol. The van der Waals surface area contributed by atoms with Crippen molar-refractivity contribution in [3.8, 4) is 0 Å². The lowest BCUT2D eigenvalue weighted by molar-refractivity contribution is 0.462. The summed E-state index contributed by atoms with van der Waals surface area (Å²) in [4.78, 5) is 5.05. The number of hydrogen-bond acceptors (Lipinski definition) is 6. The molecule has 5 rings (SSSR count). The largest absolute Gasteiger partial charge is 0.367 e. The van der Waals surface area contributed by atoms with Gasteiger partial charge in [-0.3, -0.25) is 0 Å². The number of aryl methyl sites for hydroxylation is 3.